The Morgan fingerprint density at radius 2 is 2.26 bits per heavy atom. The Labute approximate surface area is 117 Å². The van der Waals surface area contributed by atoms with Crippen LogP contribution in [0.25, 0.3) is 0 Å². The maximum absolute atomic E-state index is 11.8. The summed E-state index contributed by atoms with van der Waals surface area (Å²) < 4.78 is 25.0. The average Bonchev–Trinajstić information content (AvgIpc) is 2.68. The number of thiophene rings is 1. The number of aliphatic carboxylic acids is 1. The number of carbonyl (C=O) groups is 1. The molecular weight excluding hydrogens is 320 g/mol. The van der Waals surface area contributed by atoms with Crippen LogP contribution in [0.5, 0.6) is 0 Å². The van der Waals surface area contributed by atoms with Crippen LogP contribution in [0.3, 0.4) is 0 Å². The summed E-state index contributed by atoms with van der Waals surface area (Å²) in [7, 11) is -4.15. The van der Waals surface area contributed by atoms with Crippen molar-refractivity contribution in [3.05, 3.63) is 20.5 Å². The zero-order valence-corrected chi connectivity index (χ0v) is 11.9. The molecule has 106 valence electrons. The molecule has 0 amide bonds. The van der Waals surface area contributed by atoms with E-state index >= 15 is 0 Å². The summed E-state index contributed by atoms with van der Waals surface area (Å²) in [5.74, 6) is -1.33. The number of nitrogens with one attached hydrogen (secondary N) is 1. The van der Waals surface area contributed by atoms with Crippen LogP contribution in [0.4, 0.5) is 5.69 Å². The van der Waals surface area contributed by atoms with E-state index in [-0.39, 0.29) is 10.8 Å². The van der Waals surface area contributed by atoms with Crippen molar-refractivity contribution in [2.45, 2.75) is 23.6 Å². The third kappa shape index (κ3) is 3.62. The Balaban J connectivity index is 3.10. The molecule has 0 radical (unpaired) electrons. The molecule has 0 saturated heterocycles. The first kappa shape index (κ1) is 15.8. The second-order valence-electron chi connectivity index (χ2n) is 3.40. The maximum atomic E-state index is 11.8. The van der Waals surface area contributed by atoms with E-state index in [1.807, 2.05) is 4.72 Å². The number of hydrogen-bond acceptors (Lipinski definition) is 6. The van der Waals surface area contributed by atoms with Gasteiger partial charge in [-0.15, -0.1) is 11.3 Å². The van der Waals surface area contributed by atoms with Crippen LogP contribution < -0.4 is 4.72 Å². The maximum Gasteiger partial charge on any atom is 0.321 e. The third-order valence-electron chi connectivity index (χ3n) is 2.11. The normalized spacial score (nSPS) is 13.2. The molecule has 0 aliphatic heterocycles. The molecule has 1 aromatic heterocycles. The van der Waals surface area contributed by atoms with Gasteiger partial charge < -0.3 is 5.11 Å². The quantitative estimate of drug-likeness (QED) is 0.601. The lowest BCUT2D eigenvalue weighted by molar-refractivity contribution is -0.384. The summed E-state index contributed by atoms with van der Waals surface area (Å²) in [5.41, 5.74) is -0.532. The fourth-order valence-corrected chi connectivity index (χ4v) is 4.10. The molecular formula is C8H9ClN2O6S2. The summed E-state index contributed by atoms with van der Waals surface area (Å²) in [6.45, 7) is 1.49. The fourth-order valence-electron chi connectivity index (χ4n) is 1.15. The molecule has 0 aliphatic rings. The molecule has 1 aromatic rings. The van der Waals surface area contributed by atoms with Gasteiger partial charge in [-0.05, 0) is 6.42 Å². The van der Waals surface area contributed by atoms with E-state index < -0.39 is 36.9 Å². The number of hydrogen-bond donors (Lipinski definition) is 2. The van der Waals surface area contributed by atoms with Crippen molar-refractivity contribution in [1.29, 1.82) is 0 Å². The zero-order chi connectivity index (χ0) is 14.8. The minimum absolute atomic E-state index is 0.0375. The van der Waals surface area contributed by atoms with Crippen LogP contribution in [-0.2, 0) is 14.8 Å². The highest BCUT2D eigenvalue weighted by Crippen LogP contribution is 2.36. The number of carboxylic acids is 1. The molecule has 1 heterocycles. The van der Waals surface area contributed by atoms with Gasteiger partial charge in [-0.3, -0.25) is 14.9 Å². The molecule has 0 fully saturated rings. The van der Waals surface area contributed by atoms with Crippen molar-refractivity contribution in [3.63, 3.8) is 0 Å². The second kappa shape index (κ2) is 5.82. The molecule has 0 aromatic carbocycles. The molecule has 0 spiro atoms. The predicted octanol–water partition coefficient (Wildman–Crippen LogP) is 1.45. The Bertz CT molecular complexity index is 611. The number of halogens is 1. The van der Waals surface area contributed by atoms with E-state index in [0.717, 1.165) is 6.07 Å². The molecule has 8 nitrogen and oxygen atoms in total. The van der Waals surface area contributed by atoms with E-state index in [0.29, 0.717) is 11.3 Å². The summed E-state index contributed by atoms with van der Waals surface area (Å²) in [5, 5.41) is 19.3. The molecule has 0 aliphatic carbocycles. The highest BCUT2D eigenvalue weighted by Gasteiger charge is 2.29. The van der Waals surface area contributed by atoms with E-state index in [4.69, 9.17) is 16.7 Å². The highest BCUT2D eigenvalue weighted by atomic mass is 35.5. The second-order valence-corrected chi connectivity index (χ2v) is 7.00. The SMILES string of the molecule is CC[C@@H](NS(=O)(=O)c1cc([N+](=O)[O-])c(Cl)s1)C(=O)O. The number of nitro groups is 1. The van der Waals surface area contributed by atoms with Gasteiger partial charge >= 0.3 is 5.97 Å². The first-order valence-corrected chi connectivity index (χ1v) is 7.55. The average molecular weight is 329 g/mol. The first-order valence-electron chi connectivity index (χ1n) is 4.88. The number of nitrogens with zero attached hydrogens (tertiary/aromatic N) is 1. The smallest absolute Gasteiger partial charge is 0.321 e. The van der Waals surface area contributed by atoms with Gasteiger partial charge in [0.1, 0.15) is 10.3 Å². The predicted molar refractivity (Wildman–Crippen MR) is 68.0 cm³/mol. The fraction of sp³-hybridized carbons (Fsp3) is 0.375. The Morgan fingerprint density at radius 1 is 1.68 bits per heavy atom. The van der Waals surface area contributed by atoms with Crippen molar-refractivity contribution in [2.75, 3.05) is 0 Å². The molecule has 11 heteroatoms. The third-order valence-corrected chi connectivity index (χ3v) is 5.39. The van der Waals surface area contributed by atoms with E-state index in [9.17, 15) is 23.3 Å². The highest BCUT2D eigenvalue weighted by molar-refractivity contribution is 7.91. The Hall–Kier alpha value is -1.23. The van der Waals surface area contributed by atoms with Crippen molar-refractivity contribution in [3.8, 4) is 0 Å². The van der Waals surface area contributed by atoms with Crippen molar-refractivity contribution in [1.82, 2.24) is 4.72 Å². The van der Waals surface area contributed by atoms with Gasteiger partial charge in [0.2, 0.25) is 0 Å². The summed E-state index contributed by atoms with van der Waals surface area (Å²) in [6.07, 6.45) is 0.0375. The number of sulfonamides is 1. The summed E-state index contributed by atoms with van der Waals surface area (Å²) >= 11 is 6.04. The lowest BCUT2D eigenvalue weighted by atomic mass is 10.2. The van der Waals surface area contributed by atoms with Gasteiger partial charge in [0, 0.05) is 6.07 Å². The van der Waals surface area contributed by atoms with Crippen LogP contribution in [-0.4, -0.2) is 30.5 Å². The van der Waals surface area contributed by atoms with Crippen molar-refractivity contribution in [2.24, 2.45) is 0 Å². The summed E-state index contributed by atoms with van der Waals surface area (Å²) in [4.78, 5) is 20.5. The molecule has 0 bridgehead atoms. The van der Waals surface area contributed by atoms with Crippen molar-refractivity contribution >= 4 is 44.6 Å². The number of rotatable bonds is 6. The molecule has 1 atom stereocenters. The van der Waals surface area contributed by atoms with Crippen molar-refractivity contribution < 1.29 is 23.2 Å². The van der Waals surface area contributed by atoms with Crippen LogP contribution in [0, 0.1) is 10.1 Å². The van der Waals surface area contributed by atoms with Gasteiger partial charge in [-0.25, -0.2) is 8.42 Å². The van der Waals surface area contributed by atoms with Gasteiger partial charge in [0.15, 0.2) is 4.34 Å². The van der Waals surface area contributed by atoms with E-state index in [1.165, 1.54) is 6.92 Å². The van der Waals surface area contributed by atoms with Gasteiger partial charge in [-0.1, -0.05) is 18.5 Å². The van der Waals surface area contributed by atoms with Crippen LogP contribution >= 0.6 is 22.9 Å². The minimum atomic E-state index is -4.15. The van der Waals surface area contributed by atoms with Gasteiger partial charge in [0.05, 0.1) is 4.92 Å². The largest absolute Gasteiger partial charge is 0.480 e. The Kier molecular flexibility index (Phi) is 4.85. The van der Waals surface area contributed by atoms with Crippen LogP contribution in [0.2, 0.25) is 4.34 Å². The van der Waals surface area contributed by atoms with E-state index in [1.54, 1.807) is 0 Å². The number of carboxylic acid groups (broad SMARTS) is 1. The van der Waals surface area contributed by atoms with Crippen LogP contribution in [0.15, 0.2) is 10.3 Å². The minimum Gasteiger partial charge on any atom is -0.480 e. The zero-order valence-electron chi connectivity index (χ0n) is 9.49. The molecule has 2 N–H and O–H groups in total. The van der Waals surface area contributed by atoms with Crippen LogP contribution in [0.1, 0.15) is 13.3 Å². The monoisotopic (exact) mass is 328 g/mol. The molecule has 0 saturated carbocycles. The molecule has 0 unspecified atom stereocenters. The summed E-state index contributed by atoms with van der Waals surface area (Å²) in [6, 6.07) is -0.505. The first-order chi connectivity index (χ1) is 8.69. The topological polar surface area (TPSA) is 127 Å². The lowest BCUT2D eigenvalue weighted by Crippen LogP contribution is -2.39. The van der Waals surface area contributed by atoms with E-state index in [2.05, 4.69) is 0 Å². The van der Waals surface area contributed by atoms with Gasteiger partial charge in [0.25, 0.3) is 15.7 Å². The molecule has 19 heavy (non-hydrogen) atoms. The van der Waals surface area contributed by atoms with Gasteiger partial charge in [-0.2, -0.15) is 4.72 Å². The standard InChI is InChI=1S/C8H9ClN2O6S2/c1-2-4(8(12)13)10-19(16,17)6-3-5(11(14)15)7(9)18-6/h3-4,10H,2H2,1H3,(H,12,13)/t4-/m1/s1. The lowest BCUT2D eigenvalue weighted by Gasteiger charge is -2.10. The molecule has 1 rings (SSSR count). The Morgan fingerprint density at radius 3 is 2.63 bits per heavy atom.